The largest absolute Gasteiger partial charge is 0.349 e. The Balaban J connectivity index is 1.59. The molecule has 0 aliphatic heterocycles. The summed E-state index contributed by atoms with van der Waals surface area (Å²) in [5.41, 5.74) is 2.53. The van der Waals surface area contributed by atoms with E-state index in [2.05, 4.69) is 20.3 Å². The van der Waals surface area contributed by atoms with E-state index in [0.717, 1.165) is 16.9 Å². The van der Waals surface area contributed by atoms with Gasteiger partial charge in [-0.15, -0.1) is 0 Å². The molecule has 6 heteroatoms. The Hall–Kier alpha value is -3.41. The van der Waals surface area contributed by atoms with Gasteiger partial charge in [0.1, 0.15) is 5.82 Å². The van der Waals surface area contributed by atoms with Crippen LogP contribution in [0.1, 0.15) is 27.8 Å². The molecule has 2 N–H and O–H groups in total. The number of carbonyl (C=O) groups excluding carboxylic acids is 1. The SMILES string of the molecule is O=C(NC(Cc1ncc[nH]1)c1ccccc1)c1ccn2cncc2c1. The molecule has 0 aliphatic rings. The lowest BCUT2D eigenvalue weighted by Crippen LogP contribution is -2.30. The second-order valence-corrected chi connectivity index (χ2v) is 5.82. The van der Waals surface area contributed by atoms with Crippen molar-refractivity contribution in [2.45, 2.75) is 12.5 Å². The van der Waals surface area contributed by atoms with Crippen LogP contribution in [-0.2, 0) is 6.42 Å². The zero-order valence-electron chi connectivity index (χ0n) is 13.5. The summed E-state index contributed by atoms with van der Waals surface area (Å²) >= 11 is 0. The lowest BCUT2D eigenvalue weighted by Gasteiger charge is -2.18. The van der Waals surface area contributed by atoms with Gasteiger partial charge in [-0.3, -0.25) is 4.79 Å². The number of rotatable bonds is 5. The smallest absolute Gasteiger partial charge is 0.251 e. The molecule has 0 radical (unpaired) electrons. The zero-order valence-corrected chi connectivity index (χ0v) is 13.5. The summed E-state index contributed by atoms with van der Waals surface area (Å²) in [4.78, 5) is 24.2. The van der Waals surface area contributed by atoms with Gasteiger partial charge in [-0.2, -0.15) is 0 Å². The Morgan fingerprint density at radius 3 is 2.92 bits per heavy atom. The average molecular weight is 331 g/mol. The standard InChI is InChI=1S/C19H17N5O/c25-19(15-6-9-24-13-20-12-16(24)10-15)23-17(11-18-21-7-8-22-18)14-4-2-1-3-5-14/h1-10,12-13,17H,11H2,(H,21,22)(H,23,25). The monoisotopic (exact) mass is 331 g/mol. The summed E-state index contributed by atoms with van der Waals surface area (Å²) in [6.45, 7) is 0. The van der Waals surface area contributed by atoms with E-state index in [1.54, 1.807) is 31.0 Å². The summed E-state index contributed by atoms with van der Waals surface area (Å²) in [6, 6.07) is 13.4. The molecule has 3 heterocycles. The van der Waals surface area contributed by atoms with Crippen molar-refractivity contribution < 1.29 is 4.79 Å². The zero-order chi connectivity index (χ0) is 17.1. The van der Waals surface area contributed by atoms with E-state index in [-0.39, 0.29) is 11.9 Å². The van der Waals surface area contributed by atoms with Gasteiger partial charge in [0.05, 0.1) is 24.1 Å². The Labute approximate surface area is 144 Å². The molecule has 6 nitrogen and oxygen atoms in total. The highest BCUT2D eigenvalue weighted by Crippen LogP contribution is 2.18. The van der Waals surface area contributed by atoms with Crippen LogP contribution in [0.3, 0.4) is 0 Å². The highest BCUT2D eigenvalue weighted by atomic mass is 16.1. The Morgan fingerprint density at radius 2 is 2.12 bits per heavy atom. The lowest BCUT2D eigenvalue weighted by molar-refractivity contribution is 0.0936. The maximum Gasteiger partial charge on any atom is 0.251 e. The van der Waals surface area contributed by atoms with Gasteiger partial charge in [-0.25, -0.2) is 9.97 Å². The quantitative estimate of drug-likeness (QED) is 0.590. The number of benzene rings is 1. The van der Waals surface area contributed by atoms with Crippen molar-refractivity contribution in [3.05, 3.63) is 90.5 Å². The molecule has 0 aliphatic carbocycles. The molecule has 4 rings (SSSR count). The van der Waals surface area contributed by atoms with Gasteiger partial charge in [-0.1, -0.05) is 30.3 Å². The third-order valence-electron chi connectivity index (χ3n) is 4.14. The van der Waals surface area contributed by atoms with E-state index in [1.165, 1.54) is 0 Å². The number of imidazole rings is 2. The number of nitrogens with zero attached hydrogens (tertiary/aromatic N) is 3. The summed E-state index contributed by atoms with van der Waals surface area (Å²) in [6.07, 6.45) is 9.37. The van der Waals surface area contributed by atoms with Gasteiger partial charge in [0.15, 0.2) is 0 Å². The number of pyridine rings is 1. The first-order valence-corrected chi connectivity index (χ1v) is 8.05. The number of H-pyrrole nitrogens is 1. The predicted octanol–water partition coefficient (Wildman–Crippen LogP) is 2.77. The molecule has 25 heavy (non-hydrogen) atoms. The molecule has 1 amide bonds. The summed E-state index contributed by atoms with van der Waals surface area (Å²) in [5.74, 6) is 0.713. The number of fused-ring (bicyclic) bond motifs is 1. The third kappa shape index (κ3) is 3.28. The summed E-state index contributed by atoms with van der Waals surface area (Å²) in [5, 5.41) is 3.12. The predicted molar refractivity (Wildman–Crippen MR) is 94.1 cm³/mol. The molecule has 0 saturated carbocycles. The lowest BCUT2D eigenvalue weighted by atomic mass is 10.0. The molecular weight excluding hydrogens is 314 g/mol. The maximum absolute atomic E-state index is 12.8. The summed E-state index contributed by atoms with van der Waals surface area (Å²) < 4.78 is 1.87. The minimum Gasteiger partial charge on any atom is -0.349 e. The van der Waals surface area contributed by atoms with Gasteiger partial charge < -0.3 is 14.7 Å². The van der Waals surface area contributed by atoms with Crippen molar-refractivity contribution in [1.82, 2.24) is 24.7 Å². The van der Waals surface area contributed by atoms with E-state index >= 15 is 0 Å². The van der Waals surface area contributed by atoms with Crippen LogP contribution < -0.4 is 5.32 Å². The molecular formula is C19H17N5O. The van der Waals surface area contributed by atoms with Crippen LogP contribution in [0.25, 0.3) is 5.52 Å². The molecule has 4 aromatic rings. The molecule has 1 unspecified atom stereocenters. The first-order chi connectivity index (χ1) is 12.3. The van der Waals surface area contributed by atoms with Crippen molar-refractivity contribution in [2.75, 3.05) is 0 Å². The maximum atomic E-state index is 12.8. The van der Waals surface area contributed by atoms with Crippen LogP contribution in [0.15, 0.2) is 73.6 Å². The number of hydrogen-bond donors (Lipinski definition) is 2. The summed E-state index contributed by atoms with van der Waals surface area (Å²) in [7, 11) is 0. The van der Waals surface area contributed by atoms with Gasteiger partial charge in [0, 0.05) is 30.6 Å². The van der Waals surface area contributed by atoms with Crippen molar-refractivity contribution >= 4 is 11.4 Å². The minimum absolute atomic E-state index is 0.121. The van der Waals surface area contributed by atoms with Crippen molar-refractivity contribution in [1.29, 1.82) is 0 Å². The number of aromatic amines is 1. The van der Waals surface area contributed by atoms with Gasteiger partial charge in [0.25, 0.3) is 5.91 Å². The van der Waals surface area contributed by atoms with Crippen LogP contribution in [0.5, 0.6) is 0 Å². The topological polar surface area (TPSA) is 75.1 Å². The van der Waals surface area contributed by atoms with E-state index in [9.17, 15) is 4.79 Å². The van der Waals surface area contributed by atoms with E-state index < -0.39 is 0 Å². The van der Waals surface area contributed by atoms with Crippen LogP contribution >= 0.6 is 0 Å². The fraction of sp³-hybridized carbons (Fsp3) is 0.105. The highest BCUT2D eigenvalue weighted by Gasteiger charge is 2.17. The van der Waals surface area contributed by atoms with Crippen molar-refractivity contribution in [3.8, 4) is 0 Å². The van der Waals surface area contributed by atoms with Crippen LogP contribution in [0.4, 0.5) is 0 Å². The molecule has 1 atom stereocenters. The Kier molecular flexibility index (Phi) is 4.00. The second-order valence-electron chi connectivity index (χ2n) is 5.82. The highest BCUT2D eigenvalue weighted by molar-refractivity contribution is 5.95. The van der Waals surface area contributed by atoms with E-state index in [4.69, 9.17) is 0 Å². The van der Waals surface area contributed by atoms with Crippen LogP contribution in [-0.4, -0.2) is 25.3 Å². The Morgan fingerprint density at radius 1 is 1.24 bits per heavy atom. The first-order valence-electron chi connectivity index (χ1n) is 8.05. The fourth-order valence-electron chi connectivity index (χ4n) is 2.84. The average Bonchev–Trinajstić information content (AvgIpc) is 3.32. The molecule has 124 valence electrons. The third-order valence-corrected chi connectivity index (χ3v) is 4.14. The molecule has 0 bridgehead atoms. The van der Waals surface area contributed by atoms with Crippen molar-refractivity contribution in [2.24, 2.45) is 0 Å². The minimum atomic E-state index is -0.166. The molecule has 0 saturated heterocycles. The van der Waals surface area contributed by atoms with Gasteiger partial charge in [-0.05, 0) is 17.7 Å². The molecule has 0 spiro atoms. The number of nitrogens with one attached hydrogen (secondary N) is 2. The van der Waals surface area contributed by atoms with Crippen LogP contribution in [0.2, 0.25) is 0 Å². The second kappa shape index (κ2) is 6.60. The van der Waals surface area contributed by atoms with Gasteiger partial charge >= 0.3 is 0 Å². The normalized spacial score (nSPS) is 12.2. The molecule has 3 aromatic heterocycles. The first kappa shape index (κ1) is 15.1. The number of aromatic nitrogens is 4. The van der Waals surface area contributed by atoms with E-state index in [0.29, 0.717) is 12.0 Å². The molecule has 0 fully saturated rings. The molecule has 1 aromatic carbocycles. The number of amides is 1. The van der Waals surface area contributed by atoms with Gasteiger partial charge in [0.2, 0.25) is 0 Å². The fourth-order valence-corrected chi connectivity index (χ4v) is 2.84. The van der Waals surface area contributed by atoms with Crippen LogP contribution in [0, 0.1) is 0 Å². The number of hydrogen-bond acceptors (Lipinski definition) is 3. The van der Waals surface area contributed by atoms with E-state index in [1.807, 2.05) is 47.0 Å². The number of carbonyl (C=O) groups is 1. The Bertz CT molecular complexity index is 975. The van der Waals surface area contributed by atoms with Crippen molar-refractivity contribution in [3.63, 3.8) is 0 Å².